The number of rotatable bonds is 46. The minimum atomic E-state index is -4.72. The predicted molar refractivity (Wildman–Crippen MR) is 284 cm³/mol. The molecule has 0 rings (SSSR count). The molecule has 0 fully saturated rings. The largest absolute Gasteiger partial charge is 0.756 e. The Hall–Kier alpha value is -3.07. The number of nitrogens with one attached hydrogen (secondary N) is 1. The van der Waals surface area contributed by atoms with Crippen molar-refractivity contribution in [1.29, 1.82) is 0 Å². The number of ether oxygens (including phenoxy) is 1. The number of allylic oxidation sites excluding steroid dienone is 15. The summed E-state index contributed by atoms with van der Waals surface area (Å²) in [6.45, 7) is 6.59. The van der Waals surface area contributed by atoms with Gasteiger partial charge in [-0.3, -0.25) is 14.2 Å². The van der Waals surface area contributed by atoms with Crippen molar-refractivity contribution >= 4 is 19.7 Å². The van der Waals surface area contributed by atoms with Crippen molar-refractivity contribution in [2.75, 3.05) is 40.9 Å². The van der Waals surface area contributed by atoms with Crippen LogP contribution in [-0.2, 0) is 27.9 Å². The fraction of sp³-hybridized carbons (Fsp3) is 0.684. The summed E-state index contributed by atoms with van der Waals surface area (Å²) in [4.78, 5) is 39.6. The Balaban J connectivity index is 5.57. The molecule has 0 aromatic rings. The molecular weight excluding hydrogens is 856 g/mol. The number of unbranched alkanes of at least 4 members (excludes halogenated alkanes) is 16. The molecule has 1 N–H and O–H groups in total. The van der Waals surface area contributed by atoms with E-state index in [1.807, 2.05) is 33.3 Å². The number of amides is 1. The van der Waals surface area contributed by atoms with Crippen LogP contribution >= 0.6 is 7.82 Å². The van der Waals surface area contributed by atoms with Crippen LogP contribution in [0.4, 0.5) is 0 Å². The molecule has 0 bridgehead atoms. The third-order valence-corrected chi connectivity index (χ3v) is 12.0. The lowest BCUT2D eigenvalue weighted by atomic mass is 10.1. The van der Waals surface area contributed by atoms with Gasteiger partial charge in [0.1, 0.15) is 19.3 Å². The third-order valence-electron chi connectivity index (χ3n) is 11.0. The number of nitrogens with zero attached hydrogens (tertiary/aromatic N) is 1. The molecule has 0 aliphatic rings. The van der Waals surface area contributed by atoms with Gasteiger partial charge in [-0.2, -0.15) is 0 Å². The summed E-state index contributed by atoms with van der Waals surface area (Å²) in [6.07, 6.45) is 61.2. The first-order valence-electron chi connectivity index (χ1n) is 26.5. The fourth-order valence-corrected chi connectivity index (χ4v) is 7.62. The maximum atomic E-state index is 13.4. The molecule has 0 aromatic heterocycles. The SMILES string of the molecule is CC/C=C\C/C=C\C/C=C\C/C=C\C/C=C\CCCC(=O)NC(COP(=O)([O-])OCC[N+](C)(C)C)C(/C=C\CCCCCCCCCCC)OC(=O)CC/C=C/C/C=C\CCCCCCCC. The zero-order valence-corrected chi connectivity index (χ0v) is 44.5. The molecule has 9 nitrogen and oxygen atoms in total. The molecule has 1 amide bonds. The highest BCUT2D eigenvalue weighted by atomic mass is 31.2. The van der Waals surface area contributed by atoms with Crippen LogP contribution in [0.5, 0.6) is 0 Å². The van der Waals surface area contributed by atoms with E-state index in [4.69, 9.17) is 13.8 Å². The van der Waals surface area contributed by atoms with E-state index in [2.05, 4.69) is 105 Å². The molecule has 0 aromatic carbocycles. The van der Waals surface area contributed by atoms with Gasteiger partial charge >= 0.3 is 5.97 Å². The number of carbonyl (C=O) groups excluding carboxylic acids is 2. The van der Waals surface area contributed by atoms with Crippen molar-refractivity contribution in [3.05, 3.63) is 97.2 Å². The predicted octanol–water partition coefficient (Wildman–Crippen LogP) is 15.0. The molecule has 3 atom stereocenters. The van der Waals surface area contributed by atoms with Gasteiger partial charge in [0, 0.05) is 12.8 Å². The smallest absolute Gasteiger partial charge is 0.306 e. The van der Waals surface area contributed by atoms with Gasteiger partial charge in [-0.15, -0.1) is 0 Å². The van der Waals surface area contributed by atoms with Gasteiger partial charge in [0.25, 0.3) is 7.82 Å². The quantitative estimate of drug-likeness (QED) is 0.0212. The summed E-state index contributed by atoms with van der Waals surface area (Å²) >= 11 is 0. The zero-order valence-electron chi connectivity index (χ0n) is 43.6. The van der Waals surface area contributed by atoms with Gasteiger partial charge in [0.15, 0.2) is 0 Å². The number of phosphoric ester groups is 1. The normalized spacial score (nSPS) is 14.7. The summed E-state index contributed by atoms with van der Waals surface area (Å²) in [6, 6.07) is -0.943. The van der Waals surface area contributed by atoms with E-state index in [-0.39, 0.29) is 25.4 Å². The van der Waals surface area contributed by atoms with Crippen molar-refractivity contribution < 1.29 is 37.3 Å². The van der Waals surface area contributed by atoms with Crippen LogP contribution in [0.15, 0.2) is 97.2 Å². The Kier molecular flexibility index (Phi) is 44.5. The molecule has 3 unspecified atom stereocenters. The van der Waals surface area contributed by atoms with E-state index < -0.39 is 32.5 Å². The van der Waals surface area contributed by atoms with Gasteiger partial charge in [0.2, 0.25) is 5.91 Å². The van der Waals surface area contributed by atoms with E-state index in [0.29, 0.717) is 23.9 Å². The Morgan fingerprint density at radius 2 is 0.970 bits per heavy atom. The molecule has 0 heterocycles. The van der Waals surface area contributed by atoms with Crippen molar-refractivity contribution in [2.24, 2.45) is 0 Å². The summed E-state index contributed by atoms with van der Waals surface area (Å²) in [5, 5.41) is 2.96. The maximum Gasteiger partial charge on any atom is 0.306 e. The van der Waals surface area contributed by atoms with Crippen molar-refractivity contribution in [3.63, 3.8) is 0 Å². The van der Waals surface area contributed by atoms with E-state index in [1.54, 1.807) is 6.08 Å². The number of carbonyl (C=O) groups is 2. The summed E-state index contributed by atoms with van der Waals surface area (Å²) in [5.41, 5.74) is 0. The number of esters is 1. The lowest BCUT2D eigenvalue weighted by molar-refractivity contribution is -0.870. The van der Waals surface area contributed by atoms with Crippen LogP contribution in [0.2, 0.25) is 0 Å². The molecule has 0 radical (unpaired) electrons. The summed E-state index contributed by atoms with van der Waals surface area (Å²) in [5.74, 6) is -0.698. The van der Waals surface area contributed by atoms with Gasteiger partial charge in [0.05, 0.1) is 33.8 Å². The first-order valence-corrected chi connectivity index (χ1v) is 28.0. The zero-order chi connectivity index (χ0) is 49.4. The Bertz CT molecular complexity index is 1470. The maximum absolute atomic E-state index is 13.4. The fourth-order valence-electron chi connectivity index (χ4n) is 6.90. The van der Waals surface area contributed by atoms with Gasteiger partial charge in [-0.05, 0) is 89.5 Å². The Morgan fingerprint density at radius 1 is 0.537 bits per heavy atom. The second-order valence-corrected chi connectivity index (χ2v) is 20.0. The molecule has 10 heteroatoms. The topological polar surface area (TPSA) is 114 Å². The number of hydrogen-bond acceptors (Lipinski definition) is 7. The average molecular weight is 955 g/mol. The number of hydrogen-bond donors (Lipinski definition) is 1. The highest BCUT2D eigenvalue weighted by Gasteiger charge is 2.27. The van der Waals surface area contributed by atoms with E-state index in [9.17, 15) is 19.0 Å². The van der Waals surface area contributed by atoms with Crippen molar-refractivity contribution in [2.45, 2.75) is 213 Å². The van der Waals surface area contributed by atoms with E-state index in [1.165, 1.54) is 83.5 Å². The molecule has 0 aliphatic heterocycles. The molecule has 0 spiro atoms. The first-order chi connectivity index (χ1) is 32.4. The Labute approximate surface area is 411 Å². The third kappa shape index (κ3) is 47.8. The highest BCUT2D eigenvalue weighted by molar-refractivity contribution is 7.45. The molecule has 0 saturated heterocycles. The standard InChI is InChI=1S/C57H99N2O7P/c1-7-10-13-16-19-22-25-27-28-29-30-32-34-37-40-43-46-49-56(60)58-54(53-65-67(62,63)64-52-51-59(4,5)6)55(48-45-42-39-36-33-24-21-18-15-12-9-3)66-57(61)50-47-44-41-38-35-31-26-23-20-17-14-11-8-2/h10,13,19,22,27-28,30-32,35,37,40-41,44-45,48,54-55H,7-9,11-12,14-18,20-21,23-26,29,33-34,36,38-39,42-43,46-47,49-53H2,1-6H3,(H-,58,60,62,63)/b13-10-,22-19-,28-27-,32-30-,35-31-,40-37-,44-41+,48-45-. The molecule has 67 heavy (non-hydrogen) atoms. The van der Waals surface area contributed by atoms with Crippen molar-refractivity contribution in [1.82, 2.24) is 5.32 Å². The highest BCUT2D eigenvalue weighted by Crippen LogP contribution is 2.38. The van der Waals surface area contributed by atoms with Gasteiger partial charge < -0.3 is 28.5 Å². The summed E-state index contributed by atoms with van der Waals surface area (Å²) < 4.78 is 30.0. The average Bonchev–Trinajstić information content (AvgIpc) is 3.28. The van der Waals surface area contributed by atoms with Crippen LogP contribution in [0.3, 0.4) is 0 Å². The lowest BCUT2D eigenvalue weighted by Gasteiger charge is -2.30. The number of likely N-dealkylation sites (N-methyl/N-ethyl adjacent to an activating group) is 1. The molecule has 0 saturated carbocycles. The second kappa shape index (κ2) is 46.6. The number of phosphoric acid groups is 1. The van der Waals surface area contributed by atoms with Gasteiger partial charge in [-0.1, -0.05) is 195 Å². The summed E-state index contributed by atoms with van der Waals surface area (Å²) in [7, 11) is 1.11. The van der Waals surface area contributed by atoms with E-state index in [0.717, 1.165) is 70.6 Å². The van der Waals surface area contributed by atoms with Crippen molar-refractivity contribution in [3.8, 4) is 0 Å². The van der Waals surface area contributed by atoms with Crippen LogP contribution < -0.4 is 10.2 Å². The monoisotopic (exact) mass is 955 g/mol. The van der Waals surface area contributed by atoms with E-state index >= 15 is 0 Å². The first kappa shape index (κ1) is 63.9. The van der Waals surface area contributed by atoms with Crippen LogP contribution in [0, 0.1) is 0 Å². The lowest BCUT2D eigenvalue weighted by Crippen LogP contribution is -2.47. The van der Waals surface area contributed by atoms with Gasteiger partial charge in [-0.25, -0.2) is 0 Å². The van der Waals surface area contributed by atoms with Crippen LogP contribution in [0.1, 0.15) is 201 Å². The van der Waals surface area contributed by atoms with Crippen LogP contribution in [0.25, 0.3) is 0 Å². The second-order valence-electron chi connectivity index (χ2n) is 18.6. The molecular formula is C57H99N2O7P. The Morgan fingerprint density at radius 3 is 1.46 bits per heavy atom. The molecule has 0 aliphatic carbocycles. The van der Waals surface area contributed by atoms with Crippen LogP contribution in [-0.4, -0.2) is 69.4 Å². The minimum Gasteiger partial charge on any atom is -0.756 e. The molecule has 384 valence electrons. The minimum absolute atomic E-state index is 0.0450. The number of quaternary nitrogens is 1.